The monoisotopic (exact) mass is 240 g/mol. The fourth-order valence-electron chi connectivity index (χ4n) is 1.66. The van der Waals surface area contributed by atoms with E-state index >= 15 is 0 Å². The quantitative estimate of drug-likeness (QED) is 0.761. The van der Waals surface area contributed by atoms with Crippen molar-refractivity contribution < 1.29 is 4.42 Å². The first-order chi connectivity index (χ1) is 8.92. The maximum Gasteiger partial charge on any atom is 0.0952 e. The van der Waals surface area contributed by atoms with Crippen LogP contribution in [0.5, 0.6) is 0 Å². The summed E-state index contributed by atoms with van der Waals surface area (Å²) in [4.78, 5) is 1.58. The maximum absolute atomic E-state index is 5.01. The summed E-state index contributed by atoms with van der Waals surface area (Å²) >= 11 is 0. The third-order valence-corrected chi connectivity index (χ3v) is 2.59. The van der Waals surface area contributed by atoms with Crippen LogP contribution in [0.25, 0.3) is 5.69 Å². The van der Waals surface area contributed by atoms with Crippen molar-refractivity contribution in [1.29, 1.82) is 0 Å². The van der Waals surface area contributed by atoms with Crippen LogP contribution in [0.1, 0.15) is 5.56 Å². The van der Waals surface area contributed by atoms with Crippen molar-refractivity contribution in [1.82, 2.24) is 15.0 Å². The van der Waals surface area contributed by atoms with Crippen molar-refractivity contribution in [2.75, 3.05) is 5.32 Å². The summed E-state index contributed by atoms with van der Waals surface area (Å²) in [6.07, 6.45) is 6.72. The first kappa shape index (κ1) is 10.6. The SMILES string of the molecule is c1cnn(-c2ccc(NCc3ccoc3)cc2)n1. The molecule has 0 radical (unpaired) electrons. The van der Waals surface area contributed by atoms with Crippen LogP contribution in [-0.2, 0) is 6.54 Å². The van der Waals surface area contributed by atoms with Crippen LogP contribution in [-0.4, -0.2) is 15.0 Å². The molecule has 1 aromatic carbocycles. The topological polar surface area (TPSA) is 55.9 Å². The van der Waals surface area contributed by atoms with Gasteiger partial charge in [0.2, 0.25) is 0 Å². The molecule has 0 saturated carbocycles. The van der Waals surface area contributed by atoms with Gasteiger partial charge in [-0.1, -0.05) is 0 Å². The number of hydrogen-bond acceptors (Lipinski definition) is 4. The Hall–Kier alpha value is -2.56. The third kappa shape index (κ3) is 2.24. The number of aromatic nitrogens is 3. The summed E-state index contributed by atoms with van der Waals surface area (Å²) in [5.41, 5.74) is 3.11. The molecule has 0 saturated heterocycles. The molecule has 1 N–H and O–H groups in total. The van der Waals surface area contributed by atoms with Crippen LogP contribution in [0, 0.1) is 0 Å². The van der Waals surface area contributed by atoms with Gasteiger partial charge in [0, 0.05) is 17.8 Å². The average molecular weight is 240 g/mol. The Morgan fingerprint density at radius 3 is 2.50 bits per heavy atom. The molecule has 0 amide bonds. The molecular formula is C13H12N4O. The number of hydrogen-bond donors (Lipinski definition) is 1. The largest absolute Gasteiger partial charge is 0.472 e. The van der Waals surface area contributed by atoms with Gasteiger partial charge < -0.3 is 9.73 Å². The molecule has 0 aliphatic rings. The van der Waals surface area contributed by atoms with Gasteiger partial charge in [-0.2, -0.15) is 15.0 Å². The highest BCUT2D eigenvalue weighted by molar-refractivity contribution is 5.48. The van der Waals surface area contributed by atoms with E-state index in [1.807, 2.05) is 30.3 Å². The fourth-order valence-corrected chi connectivity index (χ4v) is 1.66. The van der Waals surface area contributed by atoms with Crippen LogP contribution < -0.4 is 5.32 Å². The lowest BCUT2D eigenvalue weighted by Gasteiger charge is -2.05. The lowest BCUT2D eigenvalue weighted by molar-refractivity contribution is 0.564. The Bertz CT molecular complexity index is 584. The molecule has 3 rings (SSSR count). The van der Waals surface area contributed by atoms with E-state index in [2.05, 4.69) is 15.5 Å². The summed E-state index contributed by atoms with van der Waals surface area (Å²) in [5, 5.41) is 11.5. The summed E-state index contributed by atoms with van der Waals surface area (Å²) in [5.74, 6) is 0. The van der Waals surface area contributed by atoms with E-state index < -0.39 is 0 Å². The van der Waals surface area contributed by atoms with Gasteiger partial charge in [-0.3, -0.25) is 0 Å². The predicted octanol–water partition coefficient (Wildman–Crippen LogP) is 2.47. The van der Waals surface area contributed by atoms with E-state index in [-0.39, 0.29) is 0 Å². The van der Waals surface area contributed by atoms with Gasteiger partial charge in [-0.25, -0.2) is 0 Å². The lowest BCUT2D eigenvalue weighted by atomic mass is 10.2. The van der Waals surface area contributed by atoms with E-state index in [1.165, 1.54) is 0 Å². The van der Waals surface area contributed by atoms with Gasteiger partial charge in [0.25, 0.3) is 0 Å². The van der Waals surface area contributed by atoms with Crippen LogP contribution in [0.2, 0.25) is 0 Å². The molecule has 5 nitrogen and oxygen atoms in total. The molecule has 5 heteroatoms. The predicted molar refractivity (Wildman–Crippen MR) is 67.4 cm³/mol. The number of furan rings is 1. The van der Waals surface area contributed by atoms with E-state index in [1.54, 1.807) is 29.7 Å². The molecule has 3 aromatic rings. The Labute approximate surface area is 104 Å². The highest BCUT2D eigenvalue weighted by Crippen LogP contribution is 2.13. The van der Waals surface area contributed by atoms with Gasteiger partial charge in [0.15, 0.2) is 0 Å². The maximum atomic E-state index is 5.01. The molecule has 90 valence electrons. The van der Waals surface area contributed by atoms with Crippen LogP contribution in [0.3, 0.4) is 0 Å². The van der Waals surface area contributed by atoms with Gasteiger partial charge in [-0.05, 0) is 30.3 Å². The number of anilines is 1. The van der Waals surface area contributed by atoms with E-state index in [9.17, 15) is 0 Å². The molecule has 0 bridgehead atoms. The second kappa shape index (κ2) is 4.75. The zero-order chi connectivity index (χ0) is 12.2. The van der Waals surface area contributed by atoms with Crippen LogP contribution in [0.4, 0.5) is 5.69 Å². The van der Waals surface area contributed by atoms with Gasteiger partial charge in [0.1, 0.15) is 0 Å². The number of nitrogens with zero attached hydrogens (tertiary/aromatic N) is 3. The van der Waals surface area contributed by atoms with Crippen molar-refractivity contribution in [3.8, 4) is 5.69 Å². The molecular weight excluding hydrogens is 228 g/mol. The number of nitrogens with one attached hydrogen (secondary N) is 1. The van der Waals surface area contributed by atoms with E-state index in [0.717, 1.165) is 23.5 Å². The summed E-state index contributed by atoms with van der Waals surface area (Å²) in [6, 6.07) is 9.88. The smallest absolute Gasteiger partial charge is 0.0952 e. The molecule has 0 spiro atoms. The third-order valence-electron chi connectivity index (χ3n) is 2.59. The summed E-state index contributed by atoms with van der Waals surface area (Å²) in [6.45, 7) is 0.746. The fraction of sp³-hybridized carbons (Fsp3) is 0.0769. The molecule has 0 fully saturated rings. The van der Waals surface area contributed by atoms with E-state index in [0.29, 0.717) is 0 Å². The van der Waals surface area contributed by atoms with Gasteiger partial charge >= 0.3 is 0 Å². The van der Waals surface area contributed by atoms with Gasteiger partial charge in [-0.15, -0.1) is 0 Å². The zero-order valence-electron chi connectivity index (χ0n) is 9.65. The zero-order valence-corrected chi connectivity index (χ0v) is 9.65. The van der Waals surface area contributed by atoms with Crippen molar-refractivity contribution in [2.45, 2.75) is 6.54 Å². The lowest BCUT2D eigenvalue weighted by Crippen LogP contribution is -2.00. The van der Waals surface area contributed by atoms with E-state index in [4.69, 9.17) is 4.42 Å². The summed E-state index contributed by atoms with van der Waals surface area (Å²) < 4.78 is 5.01. The van der Waals surface area contributed by atoms with Crippen LogP contribution >= 0.6 is 0 Å². The van der Waals surface area contributed by atoms with Crippen molar-refractivity contribution in [2.24, 2.45) is 0 Å². The molecule has 0 atom stereocenters. The molecule has 2 aromatic heterocycles. The Balaban J connectivity index is 1.68. The number of rotatable bonds is 4. The molecule has 18 heavy (non-hydrogen) atoms. The normalized spacial score (nSPS) is 10.4. The second-order valence-corrected chi connectivity index (χ2v) is 3.85. The average Bonchev–Trinajstić information content (AvgIpc) is 3.10. The molecule has 2 heterocycles. The highest BCUT2D eigenvalue weighted by atomic mass is 16.3. The minimum Gasteiger partial charge on any atom is -0.472 e. The van der Waals surface area contributed by atoms with Crippen LogP contribution in [0.15, 0.2) is 59.7 Å². The minimum atomic E-state index is 0.746. The second-order valence-electron chi connectivity index (χ2n) is 3.85. The first-order valence-corrected chi connectivity index (χ1v) is 5.63. The Morgan fingerprint density at radius 2 is 1.83 bits per heavy atom. The first-order valence-electron chi connectivity index (χ1n) is 5.63. The highest BCUT2D eigenvalue weighted by Gasteiger charge is 1.98. The Morgan fingerprint density at radius 1 is 1.06 bits per heavy atom. The molecule has 0 aliphatic heterocycles. The standard InChI is InChI=1S/C13H12N4O/c1-3-13(17-15-6-7-16-17)4-2-12(1)14-9-11-5-8-18-10-11/h1-8,10,14H,9H2. The minimum absolute atomic E-state index is 0.746. The molecule has 0 unspecified atom stereocenters. The number of benzene rings is 1. The van der Waals surface area contributed by atoms with Crippen molar-refractivity contribution in [3.63, 3.8) is 0 Å². The Kier molecular flexibility index (Phi) is 2.79. The molecule has 0 aliphatic carbocycles. The van der Waals surface area contributed by atoms with Crippen molar-refractivity contribution in [3.05, 3.63) is 60.8 Å². The summed E-state index contributed by atoms with van der Waals surface area (Å²) in [7, 11) is 0. The van der Waals surface area contributed by atoms with Gasteiger partial charge in [0.05, 0.1) is 30.6 Å². The van der Waals surface area contributed by atoms with Crippen molar-refractivity contribution >= 4 is 5.69 Å².